The zero-order chi connectivity index (χ0) is 17.4. The fraction of sp³-hybridized carbons (Fsp3) is 0.588. The van der Waals surface area contributed by atoms with Crippen molar-refractivity contribution in [3.8, 4) is 0 Å². The number of aryl methyl sites for hydroxylation is 1. The topological polar surface area (TPSA) is 105 Å². The fourth-order valence-electron chi connectivity index (χ4n) is 3.23. The molecule has 8 heteroatoms. The monoisotopic (exact) mass is 345 g/mol. The Morgan fingerprint density at radius 1 is 1.36 bits per heavy atom. The molecule has 1 saturated carbocycles. The maximum atomic E-state index is 9.69. The van der Waals surface area contributed by atoms with Crippen LogP contribution in [-0.4, -0.2) is 55.5 Å². The molecule has 1 unspecified atom stereocenters. The molecule has 25 heavy (non-hydrogen) atoms. The van der Waals surface area contributed by atoms with E-state index in [1.807, 2.05) is 17.8 Å². The van der Waals surface area contributed by atoms with Crippen molar-refractivity contribution in [2.75, 3.05) is 18.5 Å². The zero-order valence-electron chi connectivity index (χ0n) is 14.3. The quantitative estimate of drug-likeness (QED) is 0.698. The number of fused-ring (bicyclic) bond motifs is 1. The van der Waals surface area contributed by atoms with E-state index in [-0.39, 0.29) is 13.2 Å². The SMILES string of the molecule is CCn1ncc2c(NC3CC3)c(C3=NOC(CO)(CCO)C3)cnc21. The zero-order valence-corrected chi connectivity index (χ0v) is 14.3. The first kappa shape index (κ1) is 16.3. The molecule has 8 nitrogen and oxygen atoms in total. The van der Waals surface area contributed by atoms with Gasteiger partial charge >= 0.3 is 0 Å². The highest BCUT2D eigenvalue weighted by Gasteiger charge is 2.40. The molecule has 2 aliphatic rings. The predicted octanol–water partition coefficient (Wildman–Crippen LogP) is 1.26. The van der Waals surface area contributed by atoms with Gasteiger partial charge in [0.2, 0.25) is 0 Å². The van der Waals surface area contributed by atoms with Gasteiger partial charge in [0.1, 0.15) is 0 Å². The van der Waals surface area contributed by atoms with Crippen LogP contribution in [0.25, 0.3) is 11.0 Å². The van der Waals surface area contributed by atoms with Crippen molar-refractivity contribution in [3.63, 3.8) is 0 Å². The van der Waals surface area contributed by atoms with Crippen LogP contribution in [0.5, 0.6) is 0 Å². The summed E-state index contributed by atoms with van der Waals surface area (Å²) in [6.07, 6.45) is 6.72. The second-order valence-corrected chi connectivity index (χ2v) is 6.78. The molecule has 0 radical (unpaired) electrons. The van der Waals surface area contributed by atoms with Crippen molar-refractivity contribution < 1.29 is 15.1 Å². The van der Waals surface area contributed by atoms with Gasteiger partial charge in [-0.15, -0.1) is 0 Å². The molecule has 2 aromatic heterocycles. The molecule has 134 valence electrons. The van der Waals surface area contributed by atoms with Gasteiger partial charge in [-0.05, 0) is 19.8 Å². The molecular formula is C17H23N5O3. The largest absolute Gasteiger partial charge is 0.396 e. The van der Waals surface area contributed by atoms with Crippen LogP contribution in [0, 0.1) is 0 Å². The van der Waals surface area contributed by atoms with Crippen molar-refractivity contribution in [2.45, 2.75) is 50.8 Å². The van der Waals surface area contributed by atoms with E-state index in [1.54, 1.807) is 6.20 Å². The molecule has 3 heterocycles. The Hall–Kier alpha value is -2.19. The Morgan fingerprint density at radius 2 is 2.20 bits per heavy atom. The summed E-state index contributed by atoms with van der Waals surface area (Å²) in [4.78, 5) is 10.1. The number of rotatable bonds is 7. The van der Waals surface area contributed by atoms with Gasteiger partial charge < -0.3 is 20.4 Å². The second-order valence-electron chi connectivity index (χ2n) is 6.78. The third kappa shape index (κ3) is 2.85. The van der Waals surface area contributed by atoms with Crippen LogP contribution >= 0.6 is 0 Å². The van der Waals surface area contributed by atoms with Gasteiger partial charge in [0.15, 0.2) is 11.2 Å². The maximum absolute atomic E-state index is 9.69. The summed E-state index contributed by atoms with van der Waals surface area (Å²) in [5.41, 5.74) is 2.60. The number of anilines is 1. The lowest BCUT2D eigenvalue weighted by Gasteiger charge is -2.22. The molecule has 1 fully saturated rings. The highest BCUT2D eigenvalue weighted by atomic mass is 16.7. The molecular weight excluding hydrogens is 322 g/mol. The van der Waals surface area contributed by atoms with Crippen LogP contribution in [0.15, 0.2) is 17.5 Å². The summed E-state index contributed by atoms with van der Waals surface area (Å²) >= 11 is 0. The van der Waals surface area contributed by atoms with Crippen molar-refractivity contribution >= 4 is 22.4 Å². The number of nitrogens with zero attached hydrogens (tertiary/aromatic N) is 4. The van der Waals surface area contributed by atoms with Gasteiger partial charge in [-0.25, -0.2) is 9.67 Å². The highest BCUT2D eigenvalue weighted by Crippen LogP contribution is 2.36. The lowest BCUT2D eigenvalue weighted by molar-refractivity contribution is -0.0697. The van der Waals surface area contributed by atoms with Crippen LogP contribution in [-0.2, 0) is 11.4 Å². The van der Waals surface area contributed by atoms with E-state index >= 15 is 0 Å². The van der Waals surface area contributed by atoms with Gasteiger partial charge in [0.25, 0.3) is 0 Å². The molecule has 0 bridgehead atoms. The number of hydrogen-bond donors (Lipinski definition) is 3. The molecule has 0 amide bonds. The number of aliphatic hydroxyl groups excluding tert-OH is 2. The van der Waals surface area contributed by atoms with Gasteiger partial charge in [0.05, 0.1) is 29.6 Å². The van der Waals surface area contributed by atoms with Crippen LogP contribution in [0.2, 0.25) is 0 Å². The minimum Gasteiger partial charge on any atom is -0.396 e. The van der Waals surface area contributed by atoms with Gasteiger partial charge in [0, 0.05) is 43.8 Å². The molecule has 1 aliphatic heterocycles. The summed E-state index contributed by atoms with van der Waals surface area (Å²) in [5, 5.41) is 32.1. The maximum Gasteiger partial charge on any atom is 0.168 e. The Balaban J connectivity index is 1.74. The smallest absolute Gasteiger partial charge is 0.168 e. The van der Waals surface area contributed by atoms with E-state index in [0.717, 1.165) is 47.4 Å². The van der Waals surface area contributed by atoms with E-state index in [4.69, 9.17) is 4.84 Å². The number of hydrogen-bond acceptors (Lipinski definition) is 7. The minimum absolute atomic E-state index is 0.0584. The average Bonchev–Trinajstić information content (AvgIpc) is 3.19. The van der Waals surface area contributed by atoms with E-state index in [0.29, 0.717) is 18.9 Å². The molecule has 2 aromatic rings. The molecule has 0 spiro atoms. The van der Waals surface area contributed by atoms with Gasteiger partial charge in [-0.3, -0.25) is 0 Å². The lowest BCUT2D eigenvalue weighted by Crippen LogP contribution is -2.35. The van der Waals surface area contributed by atoms with Crippen molar-refractivity contribution in [3.05, 3.63) is 18.0 Å². The average molecular weight is 345 g/mol. The third-order valence-corrected chi connectivity index (χ3v) is 4.90. The first-order valence-corrected chi connectivity index (χ1v) is 8.78. The first-order valence-electron chi connectivity index (χ1n) is 8.78. The summed E-state index contributed by atoms with van der Waals surface area (Å²) in [5.74, 6) is 0. The van der Waals surface area contributed by atoms with Crippen molar-refractivity contribution in [1.29, 1.82) is 0 Å². The molecule has 1 aliphatic carbocycles. The number of aromatic nitrogens is 3. The highest BCUT2D eigenvalue weighted by molar-refractivity contribution is 6.10. The Bertz CT molecular complexity index is 814. The van der Waals surface area contributed by atoms with Crippen molar-refractivity contribution in [2.24, 2.45) is 5.16 Å². The normalized spacial score (nSPS) is 22.9. The Morgan fingerprint density at radius 3 is 2.88 bits per heavy atom. The van der Waals surface area contributed by atoms with Crippen LogP contribution in [0.4, 0.5) is 5.69 Å². The number of oxime groups is 1. The first-order chi connectivity index (χ1) is 12.2. The second kappa shape index (κ2) is 6.27. The van der Waals surface area contributed by atoms with E-state index < -0.39 is 5.60 Å². The molecule has 4 rings (SSSR count). The van der Waals surface area contributed by atoms with E-state index in [1.165, 1.54) is 0 Å². The van der Waals surface area contributed by atoms with E-state index in [9.17, 15) is 10.2 Å². The summed E-state index contributed by atoms with van der Waals surface area (Å²) in [6.45, 7) is 2.55. The standard InChI is InChI=1S/C17H23N5O3/c1-2-22-16-13(9-19-22)15(20-11-3-4-11)12(8-18-16)14-7-17(10-24,5-6-23)25-21-14/h8-9,11,23-24H,2-7,10H2,1H3,(H,18,20). The summed E-state index contributed by atoms with van der Waals surface area (Å²) in [6, 6.07) is 0.470. The number of pyridine rings is 1. The molecule has 0 aromatic carbocycles. The number of aliphatic hydroxyl groups is 2. The lowest BCUT2D eigenvalue weighted by atomic mass is 9.92. The Kier molecular flexibility index (Phi) is 4.09. The van der Waals surface area contributed by atoms with Gasteiger partial charge in [-0.2, -0.15) is 5.10 Å². The number of nitrogens with one attached hydrogen (secondary N) is 1. The fourth-order valence-corrected chi connectivity index (χ4v) is 3.23. The molecule has 3 N–H and O–H groups in total. The molecule has 0 saturated heterocycles. The molecule has 1 atom stereocenters. The van der Waals surface area contributed by atoms with Crippen LogP contribution in [0.1, 0.15) is 38.2 Å². The Labute approximate surface area is 145 Å². The minimum atomic E-state index is -0.844. The van der Waals surface area contributed by atoms with Crippen LogP contribution < -0.4 is 5.32 Å². The summed E-state index contributed by atoms with van der Waals surface area (Å²) in [7, 11) is 0. The van der Waals surface area contributed by atoms with Crippen LogP contribution in [0.3, 0.4) is 0 Å². The third-order valence-electron chi connectivity index (χ3n) is 4.90. The summed E-state index contributed by atoms with van der Waals surface area (Å²) < 4.78 is 1.87. The van der Waals surface area contributed by atoms with Gasteiger partial charge in [-0.1, -0.05) is 5.16 Å². The van der Waals surface area contributed by atoms with Crippen molar-refractivity contribution in [1.82, 2.24) is 14.8 Å². The predicted molar refractivity (Wildman–Crippen MR) is 93.6 cm³/mol. The van der Waals surface area contributed by atoms with E-state index in [2.05, 4.69) is 20.6 Å².